The molecule has 3 aromatic rings. The van der Waals surface area contributed by atoms with Crippen LogP contribution in [0.3, 0.4) is 0 Å². The predicted octanol–water partition coefficient (Wildman–Crippen LogP) is 3.89. The number of halogens is 2. The standard InChI is InChI=1S/C14H7ClFN3/c15-11-1-8(2-12(16)4-11)9-3-13-10(5-17)7-19-14(13)18-6-9/h1-4,6-7H,(H,18,19). The number of nitrogens with one attached hydrogen (secondary N) is 1. The Kier molecular flexibility index (Phi) is 2.69. The minimum atomic E-state index is -0.405. The van der Waals surface area contributed by atoms with E-state index in [9.17, 15) is 4.39 Å². The molecule has 1 N–H and O–H groups in total. The number of H-pyrrole nitrogens is 1. The Labute approximate surface area is 113 Å². The summed E-state index contributed by atoms with van der Waals surface area (Å²) < 4.78 is 13.3. The number of aromatic amines is 1. The maximum absolute atomic E-state index is 13.3. The summed E-state index contributed by atoms with van der Waals surface area (Å²) in [5, 5.41) is 10.0. The third-order valence-electron chi connectivity index (χ3n) is 2.85. The van der Waals surface area contributed by atoms with Crippen LogP contribution < -0.4 is 0 Å². The fourth-order valence-electron chi connectivity index (χ4n) is 1.97. The van der Waals surface area contributed by atoms with E-state index in [-0.39, 0.29) is 0 Å². The van der Waals surface area contributed by atoms with Crippen LogP contribution in [0, 0.1) is 17.1 Å². The zero-order chi connectivity index (χ0) is 13.4. The SMILES string of the molecule is N#Cc1c[nH]c2ncc(-c3cc(F)cc(Cl)c3)cc12. The molecule has 0 amide bonds. The minimum absolute atomic E-state index is 0.324. The van der Waals surface area contributed by atoms with Gasteiger partial charge in [0, 0.05) is 28.4 Å². The van der Waals surface area contributed by atoms with Crippen molar-refractivity contribution in [2.45, 2.75) is 0 Å². The van der Waals surface area contributed by atoms with E-state index in [1.807, 2.05) is 0 Å². The molecule has 0 unspecified atom stereocenters. The number of benzene rings is 1. The monoisotopic (exact) mass is 271 g/mol. The molecule has 5 heteroatoms. The normalized spacial score (nSPS) is 10.6. The third-order valence-corrected chi connectivity index (χ3v) is 3.07. The third kappa shape index (κ3) is 2.05. The van der Waals surface area contributed by atoms with Gasteiger partial charge in [0.2, 0.25) is 0 Å². The second-order valence-corrected chi connectivity index (χ2v) is 4.53. The Morgan fingerprint density at radius 1 is 1.21 bits per heavy atom. The minimum Gasteiger partial charge on any atom is -0.345 e. The van der Waals surface area contributed by atoms with Crippen LogP contribution in [0.4, 0.5) is 4.39 Å². The molecule has 0 aliphatic heterocycles. The van der Waals surface area contributed by atoms with Gasteiger partial charge in [0.1, 0.15) is 17.5 Å². The first-order chi connectivity index (χ1) is 9.17. The van der Waals surface area contributed by atoms with Crippen LogP contribution in [0.15, 0.2) is 36.7 Å². The molecule has 0 saturated carbocycles. The Bertz CT molecular complexity index is 797. The molecule has 3 nitrogen and oxygen atoms in total. The highest BCUT2D eigenvalue weighted by Gasteiger charge is 2.08. The van der Waals surface area contributed by atoms with Gasteiger partial charge in [0.05, 0.1) is 5.56 Å². The Balaban J connectivity index is 2.22. The van der Waals surface area contributed by atoms with Crippen molar-refractivity contribution in [2.75, 3.05) is 0 Å². The van der Waals surface area contributed by atoms with Gasteiger partial charge in [0.15, 0.2) is 0 Å². The number of nitrogens with zero attached hydrogens (tertiary/aromatic N) is 2. The number of aromatic nitrogens is 2. The molecule has 0 aliphatic rings. The summed E-state index contributed by atoms with van der Waals surface area (Å²) in [5.74, 6) is -0.405. The average molecular weight is 272 g/mol. The fourth-order valence-corrected chi connectivity index (χ4v) is 2.20. The lowest BCUT2D eigenvalue weighted by molar-refractivity contribution is 0.628. The van der Waals surface area contributed by atoms with E-state index in [0.29, 0.717) is 32.7 Å². The van der Waals surface area contributed by atoms with E-state index in [1.165, 1.54) is 12.1 Å². The van der Waals surface area contributed by atoms with Gasteiger partial charge in [-0.25, -0.2) is 9.37 Å². The predicted molar refractivity (Wildman–Crippen MR) is 71.2 cm³/mol. The lowest BCUT2D eigenvalue weighted by atomic mass is 10.1. The van der Waals surface area contributed by atoms with Crippen LogP contribution in [-0.2, 0) is 0 Å². The maximum atomic E-state index is 13.3. The van der Waals surface area contributed by atoms with E-state index >= 15 is 0 Å². The number of rotatable bonds is 1. The average Bonchev–Trinajstić information content (AvgIpc) is 2.79. The molecular weight excluding hydrogens is 265 g/mol. The lowest BCUT2D eigenvalue weighted by Gasteiger charge is -2.03. The molecule has 0 atom stereocenters. The van der Waals surface area contributed by atoms with Crippen LogP contribution in [0.5, 0.6) is 0 Å². The van der Waals surface area contributed by atoms with Crippen LogP contribution in [0.2, 0.25) is 5.02 Å². The molecule has 2 aromatic heterocycles. The Hall–Kier alpha value is -2.38. The molecule has 0 fully saturated rings. The zero-order valence-corrected chi connectivity index (χ0v) is 10.4. The number of hydrogen-bond acceptors (Lipinski definition) is 2. The van der Waals surface area contributed by atoms with E-state index in [0.717, 1.165) is 0 Å². The molecule has 92 valence electrons. The molecule has 0 aliphatic carbocycles. The molecular formula is C14H7ClFN3. The molecule has 0 spiro atoms. The van der Waals surface area contributed by atoms with Gasteiger partial charge in [-0.1, -0.05) is 11.6 Å². The largest absolute Gasteiger partial charge is 0.345 e. The molecule has 0 radical (unpaired) electrons. The van der Waals surface area contributed by atoms with Crippen LogP contribution in [0.25, 0.3) is 22.2 Å². The van der Waals surface area contributed by atoms with Gasteiger partial charge in [-0.2, -0.15) is 5.26 Å². The van der Waals surface area contributed by atoms with Gasteiger partial charge >= 0.3 is 0 Å². The zero-order valence-electron chi connectivity index (χ0n) is 9.61. The van der Waals surface area contributed by atoms with Crippen molar-refractivity contribution in [3.8, 4) is 17.2 Å². The molecule has 3 rings (SSSR count). The summed E-state index contributed by atoms with van der Waals surface area (Å²) in [6.07, 6.45) is 3.21. The molecule has 1 aromatic carbocycles. The highest BCUT2D eigenvalue weighted by Crippen LogP contribution is 2.27. The number of nitriles is 1. The van der Waals surface area contributed by atoms with E-state index in [4.69, 9.17) is 16.9 Å². The van der Waals surface area contributed by atoms with Crippen LogP contribution in [-0.4, -0.2) is 9.97 Å². The van der Waals surface area contributed by atoms with Gasteiger partial charge in [-0.05, 0) is 29.8 Å². The fraction of sp³-hybridized carbons (Fsp3) is 0. The van der Waals surface area contributed by atoms with Crippen molar-refractivity contribution in [3.63, 3.8) is 0 Å². The highest BCUT2D eigenvalue weighted by molar-refractivity contribution is 6.30. The summed E-state index contributed by atoms with van der Waals surface area (Å²) in [6.45, 7) is 0. The summed E-state index contributed by atoms with van der Waals surface area (Å²) >= 11 is 5.84. The van der Waals surface area contributed by atoms with Gasteiger partial charge in [-0.15, -0.1) is 0 Å². The molecule has 19 heavy (non-hydrogen) atoms. The molecule has 2 heterocycles. The maximum Gasteiger partial charge on any atom is 0.138 e. The van der Waals surface area contributed by atoms with Crippen molar-refractivity contribution in [1.29, 1.82) is 5.26 Å². The molecule has 0 bridgehead atoms. The van der Waals surface area contributed by atoms with Gasteiger partial charge in [-0.3, -0.25) is 0 Å². The van der Waals surface area contributed by atoms with Gasteiger partial charge in [0.25, 0.3) is 0 Å². The summed E-state index contributed by atoms with van der Waals surface area (Å²) in [7, 11) is 0. The highest BCUT2D eigenvalue weighted by atomic mass is 35.5. The second-order valence-electron chi connectivity index (χ2n) is 4.09. The summed E-state index contributed by atoms with van der Waals surface area (Å²) in [6, 6.07) is 8.16. The van der Waals surface area contributed by atoms with Crippen LogP contribution in [0.1, 0.15) is 5.56 Å². The van der Waals surface area contributed by atoms with Crippen molar-refractivity contribution in [3.05, 3.63) is 53.1 Å². The number of fused-ring (bicyclic) bond motifs is 1. The lowest BCUT2D eigenvalue weighted by Crippen LogP contribution is -1.84. The van der Waals surface area contributed by atoms with E-state index < -0.39 is 5.82 Å². The Morgan fingerprint density at radius 3 is 2.79 bits per heavy atom. The first-order valence-electron chi connectivity index (χ1n) is 5.51. The summed E-state index contributed by atoms with van der Waals surface area (Å²) in [5.41, 5.74) is 2.48. The Morgan fingerprint density at radius 2 is 2.05 bits per heavy atom. The molecule has 0 saturated heterocycles. The van der Waals surface area contributed by atoms with Crippen molar-refractivity contribution in [1.82, 2.24) is 9.97 Å². The van der Waals surface area contributed by atoms with E-state index in [1.54, 1.807) is 24.5 Å². The van der Waals surface area contributed by atoms with Crippen molar-refractivity contribution >= 4 is 22.6 Å². The first-order valence-corrected chi connectivity index (χ1v) is 5.89. The second kappa shape index (κ2) is 4.38. The van der Waals surface area contributed by atoms with Crippen LogP contribution >= 0.6 is 11.6 Å². The van der Waals surface area contributed by atoms with Gasteiger partial charge < -0.3 is 4.98 Å². The number of pyridine rings is 1. The summed E-state index contributed by atoms with van der Waals surface area (Å²) in [4.78, 5) is 7.12. The number of hydrogen-bond donors (Lipinski definition) is 1. The van der Waals surface area contributed by atoms with Crippen molar-refractivity contribution < 1.29 is 4.39 Å². The quantitative estimate of drug-likeness (QED) is 0.730. The topological polar surface area (TPSA) is 52.5 Å². The van der Waals surface area contributed by atoms with E-state index in [2.05, 4.69) is 16.0 Å². The smallest absolute Gasteiger partial charge is 0.138 e. The van der Waals surface area contributed by atoms with Crippen molar-refractivity contribution in [2.24, 2.45) is 0 Å². The first kappa shape index (κ1) is 11.7.